The van der Waals surface area contributed by atoms with Crippen molar-refractivity contribution < 1.29 is 8.42 Å². The molecule has 0 saturated heterocycles. The van der Waals surface area contributed by atoms with Crippen LogP contribution in [0.3, 0.4) is 0 Å². The lowest BCUT2D eigenvalue weighted by Crippen LogP contribution is -2.33. The Kier molecular flexibility index (Phi) is 3.62. The molecule has 6 nitrogen and oxygen atoms in total. The highest BCUT2D eigenvalue weighted by molar-refractivity contribution is 7.91. The molecule has 1 aromatic heterocycles. The highest BCUT2D eigenvalue weighted by Crippen LogP contribution is 2.16. The average Bonchev–Trinajstić information content (AvgIpc) is 2.62. The van der Waals surface area contributed by atoms with Crippen molar-refractivity contribution in [2.45, 2.75) is 23.7 Å². The third-order valence-corrected chi connectivity index (χ3v) is 4.15. The second kappa shape index (κ2) is 4.57. The number of nitrogens with zero attached hydrogens (tertiary/aromatic N) is 2. The minimum absolute atomic E-state index is 0.101. The van der Waals surface area contributed by atoms with Gasteiger partial charge in [-0.15, -0.1) is 16.6 Å². The Balaban J connectivity index is 2.90. The number of anilines is 1. The molecule has 15 heavy (non-hydrogen) atoms. The van der Waals surface area contributed by atoms with Gasteiger partial charge in [0.1, 0.15) is 0 Å². The molecule has 0 saturated carbocycles. The van der Waals surface area contributed by atoms with Crippen LogP contribution in [0.4, 0.5) is 5.13 Å². The summed E-state index contributed by atoms with van der Waals surface area (Å²) in [5, 5.41) is 6.95. The quantitative estimate of drug-likeness (QED) is 0.718. The minimum Gasteiger partial charge on any atom is -0.374 e. The molecule has 1 unspecified atom stereocenters. The Morgan fingerprint density at radius 1 is 1.67 bits per heavy atom. The van der Waals surface area contributed by atoms with Gasteiger partial charge < -0.3 is 5.73 Å². The predicted octanol–water partition coefficient (Wildman–Crippen LogP) is -0.190. The van der Waals surface area contributed by atoms with Gasteiger partial charge in [0.15, 0.2) is 0 Å². The van der Waals surface area contributed by atoms with Crippen molar-refractivity contribution in [3.63, 3.8) is 0 Å². The Hall–Kier alpha value is -1.17. The van der Waals surface area contributed by atoms with Gasteiger partial charge in [-0.05, 0) is 6.42 Å². The van der Waals surface area contributed by atoms with Gasteiger partial charge in [0, 0.05) is 0 Å². The molecule has 0 fully saturated rings. The standard InChI is InChI=1S/C7H10N4O2S2/c1-3-5(4-2)11-15(12,13)7-10-9-6(8)14-7/h1,5,11H,4H2,2H3,(H2,8,9). The van der Waals surface area contributed by atoms with Crippen molar-refractivity contribution in [2.24, 2.45) is 0 Å². The maximum atomic E-state index is 11.6. The fraction of sp³-hybridized carbons (Fsp3) is 0.429. The van der Waals surface area contributed by atoms with Crippen LogP contribution in [0.15, 0.2) is 4.34 Å². The molecule has 0 aromatic carbocycles. The first-order chi connectivity index (χ1) is 6.99. The Morgan fingerprint density at radius 2 is 2.33 bits per heavy atom. The van der Waals surface area contributed by atoms with Gasteiger partial charge in [0.25, 0.3) is 10.0 Å². The van der Waals surface area contributed by atoms with Crippen LogP contribution < -0.4 is 10.5 Å². The molecule has 8 heteroatoms. The molecule has 0 amide bonds. The van der Waals surface area contributed by atoms with Gasteiger partial charge in [-0.3, -0.25) is 0 Å². The first-order valence-electron chi connectivity index (χ1n) is 4.07. The van der Waals surface area contributed by atoms with E-state index in [0.29, 0.717) is 6.42 Å². The van der Waals surface area contributed by atoms with Crippen molar-refractivity contribution in [2.75, 3.05) is 5.73 Å². The van der Waals surface area contributed by atoms with Crippen LogP contribution in [0, 0.1) is 12.3 Å². The number of nitrogens with two attached hydrogens (primary N) is 1. The third kappa shape index (κ3) is 2.89. The van der Waals surface area contributed by atoms with E-state index in [1.54, 1.807) is 6.92 Å². The molecular weight excluding hydrogens is 236 g/mol. The number of aromatic nitrogens is 2. The Morgan fingerprint density at radius 3 is 2.73 bits per heavy atom. The zero-order chi connectivity index (χ0) is 11.5. The number of hydrogen-bond donors (Lipinski definition) is 2. The van der Waals surface area contributed by atoms with Crippen LogP contribution in [-0.2, 0) is 10.0 Å². The largest absolute Gasteiger partial charge is 0.374 e. The molecule has 82 valence electrons. The molecule has 0 bridgehead atoms. The van der Waals surface area contributed by atoms with E-state index in [0.717, 1.165) is 11.3 Å². The summed E-state index contributed by atoms with van der Waals surface area (Å²) < 4.78 is 25.4. The second-order valence-electron chi connectivity index (χ2n) is 2.65. The molecule has 1 heterocycles. The predicted molar refractivity (Wildman–Crippen MR) is 57.6 cm³/mol. The summed E-state index contributed by atoms with van der Waals surface area (Å²) in [6.07, 6.45) is 5.64. The molecule has 1 atom stereocenters. The van der Waals surface area contributed by atoms with Crippen molar-refractivity contribution in [1.29, 1.82) is 0 Å². The van der Waals surface area contributed by atoms with Crippen molar-refractivity contribution in [3.8, 4) is 12.3 Å². The number of hydrogen-bond acceptors (Lipinski definition) is 6. The van der Waals surface area contributed by atoms with E-state index in [1.807, 2.05) is 0 Å². The molecular formula is C7H10N4O2S2. The molecule has 0 aliphatic rings. The third-order valence-electron chi connectivity index (χ3n) is 1.56. The monoisotopic (exact) mass is 246 g/mol. The Bertz CT molecular complexity index is 473. The van der Waals surface area contributed by atoms with E-state index < -0.39 is 16.1 Å². The lowest BCUT2D eigenvalue weighted by atomic mass is 10.3. The molecule has 0 spiro atoms. The summed E-state index contributed by atoms with van der Waals surface area (Å²) in [7, 11) is -3.69. The number of sulfonamides is 1. The van der Waals surface area contributed by atoms with E-state index in [1.165, 1.54) is 0 Å². The summed E-state index contributed by atoms with van der Waals surface area (Å²) in [6.45, 7) is 1.78. The van der Waals surface area contributed by atoms with Gasteiger partial charge in [-0.2, -0.15) is 4.72 Å². The maximum absolute atomic E-state index is 11.6. The fourth-order valence-corrected chi connectivity index (χ4v) is 2.84. The molecule has 0 aliphatic carbocycles. The average molecular weight is 246 g/mol. The summed E-state index contributed by atoms with van der Waals surface area (Å²) in [5.74, 6) is 2.32. The summed E-state index contributed by atoms with van der Waals surface area (Å²) in [6, 6.07) is -0.542. The zero-order valence-electron chi connectivity index (χ0n) is 7.97. The maximum Gasteiger partial charge on any atom is 0.270 e. The minimum atomic E-state index is -3.69. The van der Waals surface area contributed by atoms with Crippen LogP contribution in [0.5, 0.6) is 0 Å². The lowest BCUT2D eigenvalue weighted by Gasteiger charge is -2.08. The van der Waals surface area contributed by atoms with E-state index in [4.69, 9.17) is 12.2 Å². The normalized spacial score (nSPS) is 13.3. The van der Waals surface area contributed by atoms with Gasteiger partial charge >= 0.3 is 0 Å². The fourth-order valence-electron chi connectivity index (χ4n) is 0.802. The summed E-state index contributed by atoms with van der Waals surface area (Å²) in [4.78, 5) is 0. The molecule has 1 aromatic rings. The summed E-state index contributed by atoms with van der Waals surface area (Å²) in [5.41, 5.74) is 5.28. The van der Waals surface area contributed by atoms with E-state index in [-0.39, 0.29) is 9.47 Å². The first kappa shape index (κ1) is 11.9. The van der Waals surface area contributed by atoms with Crippen LogP contribution in [-0.4, -0.2) is 24.7 Å². The molecule has 0 aliphatic heterocycles. The number of nitrogens with one attached hydrogen (secondary N) is 1. The van der Waals surface area contributed by atoms with E-state index in [2.05, 4.69) is 20.8 Å². The zero-order valence-corrected chi connectivity index (χ0v) is 9.60. The van der Waals surface area contributed by atoms with E-state index >= 15 is 0 Å². The first-order valence-corrected chi connectivity index (χ1v) is 6.37. The van der Waals surface area contributed by atoms with E-state index in [9.17, 15) is 8.42 Å². The van der Waals surface area contributed by atoms with Crippen molar-refractivity contribution in [1.82, 2.24) is 14.9 Å². The van der Waals surface area contributed by atoms with Gasteiger partial charge in [-0.25, -0.2) is 8.42 Å². The molecule has 3 N–H and O–H groups in total. The van der Waals surface area contributed by atoms with Crippen molar-refractivity contribution in [3.05, 3.63) is 0 Å². The number of terminal acetylenes is 1. The van der Waals surface area contributed by atoms with Gasteiger partial charge in [0.05, 0.1) is 6.04 Å². The van der Waals surface area contributed by atoms with Crippen LogP contribution in [0.25, 0.3) is 0 Å². The Labute approximate surface area is 92.0 Å². The topological polar surface area (TPSA) is 98.0 Å². The SMILES string of the molecule is C#CC(CC)NS(=O)(=O)c1nnc(N)s1. The summed E-state index contributed by atoms with van der Waals surface area (Å²) >= 11 is 0.794. The number of rotatable bonds is 4. The molecule has 1 rings (SSSR count). The smallest absolute Gasteiger partial charge is 0.270 e. The highest BCUT2D eigenvalue weighted by Gasteiger charge is 2.21. The van der Waals surface area contributed by atoms with Gasteiger partial charge in [0.2, 0.25) is 9.47 Å². The van der Waals surface area contributed by atoms with Gasteiger partial charge in [-0.1, -0.05) is 24.2 Å². The highest BCUT2D eigenvalue weighted by atomic mass is 32.2. The molecule has 0 radical (unpaired) electrons. The van der Waals surface area contributed by atoms with Crippen LogP contribution >= 0.6 is 11.3 Å². The van der Waals surface area contributed by atoms with Crippen LogP contribution in [0.1, 0.15) is 13.3 Å². The number of nitrogen functional groups attached to an aromatic ring is 1. The van der Waals surface area contributed by atoms with Crippen molar-refractivity contribution >= 4 is 26.5 Å². The lowest BCUT2D eigenvalue weighted by molar-refractivity contribution is 0.568. The second-order valence-corrected chi connectivity index (χ2v) is 5.55. The van der Waals surface area contributed by atoms with Crippen LogP contribution in [0.2, 0.25) is 0 Å².